The molecule has 2 aromatic rings. The van der Waals surface area contributed by atoms with Gasteiger partial charge in [0.2, 0.25) is 0 Å². The molecule has 7 heteroatoms. The van der Waals surface area contributed by atoms with Gasteiger partial charge in [-0.05, 0) is 37.1 Å². The zero-order valence-corrected chi connectivity index (χ0v) is 16.0. The molecular weight excluding hydrogens is 359 g/mol. The quantitative estimate of drug-likeness (QED) is 0.650. The van der Waals surface area contributed by atoms with Gasteiger partial charge in [0.05, 0.1) is 6.26 Å². The molecule has 2 aliphatic rings. The fourth-order valence-corrected chi connectivity index (χ4v) is 3.70. The maximum Gasteiger partial charge on any atom is 0.289 e. The van der Waals surface area contributed by atoms with Gasteiger partial charge in [0, 0.05) is 44.7 Å². The van der Waals surface area contributed by atoms with Crippen LogP contribution in [0.4, 0.5) is 4.39 Å². The number of piperazine rings is 1. The summed E-state index contributed by atoms with van der Waals surface area (Å²) < 4.78 is 19.2. The van der Waals surface area contributed by atoms with Crippen molar-refractivity contribution in [3.05, 3.63) is 59.8 Å². The third-order valence-electron chi connectivity index (χ3n) is 5.32. The van der Waals surface area contributed by atoms with Gasteiger partial charge in [0.1, 0.15) is 5.82 Å². The van der Waals surface area contributed by atoms with Crippen LogP contribution in [-0.4, -0.2) is 60.4 Å². The molecule has 1 saturated heterocycles. The van der Waals surface area contributed by atoms with Gasteiger partial charge in [-0.15, -0.1) is 0 Å². The lowest BCUT2D eigenvalue weighted by atomic mass is 10.1. The molecule has 0 radical (unpaired) electrons. The standard InChI is InChI=1S/C21H25FN4O2/c1-2-23-21(24-18-14-16(18)15-6-3-4-7-17(15)22)26-11-9-25(10-12-26)20(27)19-8-5-13-28-19/h3-8,13,16,18H,2,9-12,14H2,1H3,(H,23,24). The monoisotopic (exact) mass is 384 g/mol. The van der Waals surface area contributed by atoms with E-state index in [4.69, 9.17) is 4.42 Å². The van der Waals surface area contributed by atoms with E-state index >= 15 is 0 Å². The molecule has 4 rings (SSSR count). The van der Waals surface area contributed by atoms with Gasteiger partial charge in [-0.2, -0.15) is 0 Å². The van der Waals surface area contributed by atoms with Gasteiger partial charge in [0.25, 0.3) is 5.91 Å². The largest absolute Gasteiger partial charge is 0.459 e. The molecule has 2 unspecified atom stereocenters. The van der Waals surface area contributed by atoms with E-state index in [9.17, 15) is 9.18 Å². The highest BCUT2D eigenvalue weighted by Crippen LogP contribution is 2.41. The lowest BCUT2D eigenvalue weighted by molar-refractivity contribution is 0.0657. The van der Waals surface area contributed by atoms with Crippen LogP contribution < -0.4 is 5.32 Å². The number of carbonyl (C=O) groups is 1. The predicted octanol–water partition coefficient (Wildman–Crippen LogP) is 2.70. The first-order chi connectivity index (χ1) is 13.7. The molecule has 1 aromatic heterocycles. The maximum absolute atomic E-state index is 14.0. The van der Waals surface area contributed by atoms with Crippen LogP contribution in [0.5, 0.6) is 0 Å². The number of rotatable bonds is 4. The van der Waals surface area contributed by atoms with E-state index in [0.717, 1.165) is 17.9 Å². The Kier molecular flexibility index (Phi) is 5.32. The van der Waals surface area contributed by atoms with Crippen LogP contribution in [0.25, 0.3) is 0 Å². The summed E-state index contributed by atoms with van der Waals surface area (Å²) in [5.74, 6) is 1.19. The average molecular weight is 384 g/mol. The maximum atomic E-state index is 14.0. The molecule has 2 fully saturated rings. The Morgan fingerprint density at radius 2 is 1.93 bits per heavy atom. The third kappa shape index (κ3) is 3.88. The SMILES string of the molecule is CCN=C(NC1CC1c1ccccc1F)N1CCN(C(=O)c2ccco2)CC1. The van der Waals surface area contributed by atoms with E-state index in [1.165, 1.54) is 12.3 Å². The lowest BCUT2D eigenvalue weighted by Gasteiger charge is -2.36. The minimum atomic E-state index is -0.143. The Morgan fingerprint density at radius 1 is 1.18 bits per heavy atom. The molecule has 2 atom stereocenters. The van der Waals surface area contributed by atoms with Crippen LogP contribution >= 0.6 is 0 Å². The molecule has 1 aliphatic heterocycles. The van der Waals surface area contributed by atoms with Gasteiger partial charge in [-0.1, -0.05) is 18.2 Å². The Labute approximate surface area is 164 Å². The van der Waals surface area contributed by atoms with Crippen LogP contribution in [0.3, 0.4) is 0 Å². The zero-order valence-electron chi connectivity index (χ0n) is 16.0. The van der Waals surface area contributed by atoms with Gasteiger partial charge < -0.3 is 19.5 Å². The minimum Gasteiger partial charge on any atom is -0.459 e. The van der Waals surface area contributed by atoms with E-state index in [0.29, 0.717) is 38.5 Å². The summed E-state index contributed by atoms with van der Waals surface area (Å²) in [6.07, 6.45) is 2.42. The fourth-order valence-electron chi connectivity index (χ4n) is 3.70. The molecule has 1 amide bonds. The van der Waals surface area contributed by atoms with Crippen LogP contribution in [0, 0.1) is 5.82 Å². The molecule has 2 heterocycles. The van der Waals surface area contributed by atoms with Crippen molar-refractivity contribution in [2.45, 2.75) is 25.3 Å². The number of guanidine groups is 1. The summed E-state index contributed by atoms with van der Waals surface area (Å²) in [5.41, 5.74) is 0.768. The molecular formula is C21H25FN4O2. The van der Waals surface area contributed by atoms with Crippen LogP contribution in [0.15, 0.2) is 52.1 Å². The first-order valence-corrected chi connectivity index (χ1v) is 9.80. The van der Waals surface area contributed by atoms with Gasteiger partial charge >= 0.3 is 0 Å². The number of furan rings is 1. The molecule has 1 saturated carbocycles. The van der Waals surface area contributed by atoms with Gasteiger partial charge in [-0.3, -0.25) is 9.79 Å². The lowest BCUT2D eigenvalue weighted by Crippen LogP contribution is -2.54. The summed E-state index contributed by atoms with van der Waals surface area (Å²) in [4.78, 5) is 21.0. The van der Waals surface area contributed by atoms with Crippen molar-refractivity contribution in [2.75, 3.05) is 32.7 Å². The van der Waals surface area contributed by atoms with Gasteiger partial charge in [0.15, 0.2) is 11.7 Å². The highest BCUT2D eigenvalue weighted by atomic mass is 19.1. The topological polar surface area (TPSA) is 61.1 Å². The van der Waals surface area contributed by atoms with Crippen LogP contribution in [-0.2, 0) is 0 Å². The van der Waals surface area contributed by atoms with Crippen molar-refractivity contribution in [2.24, 2.45) is 4.99 Å². The second kappa shape index (κ2) is 8.04. The van der Waals surface area contributed by atoms with Crippen LogP contribution in [0.1, 0.15) is 35.4 Å². The summed E-state index contributed by atoms with van der Waals surface area (Å²) in [5, 5.41) is 3.50. The molecule has 0 spiro atoms. The number of hydrogen-bond donors (Lipinski definition) is 1. The number of nitrogens with zero attached hydrogens (tertiary/aromatic N) is 3. The van der Waals surface area contributed by atoms with Crippen molar-refractivity contribution >= 4 is 11.9 Å². The van der Waals surface area contributed by atoms with Crippen molar-refractivity contribution < 1.29 is 13.6 Å². The summed E-state index contributed by atoms with van der Waals surface area (Å²) in [6, 6.07) is 10.6. The smallest absolute Gasteiger partial charge is 0.289 e. The number of amides is 1. The van der Waals surface area contributed by atoms with E-state index in [1.54, 1.807) is 23.1 Å². The third-order valence-corrected chi connectivity index (χ3v) is 5.32. The molecule has 1 aliphatic carbocycles. The Balaban J connectivity index is 1.34. The summed E-state index contributed by atoms with van der Waals surface area (Å²) in [7, 11) is 0. The Bertz CT molecular complexity index is 844. The van der Waals surface area contributed by atoms with Crippen LogP contribution in [0.2, 0.25) is 0 Å². The predicted molar refractivity (Wildman–Crippen MR) is 105 cm³/mol. The number of benzene rings is 1. The highest BCUT2D eigenvalue weighted by Gasteiger charge is 2.41. The molecule has 148 valence electrons. The summed E-state index contributed by atoms with van der Waals surface area (Å²) in [6.45, 7) is 5.31. The van der Waals surface area contributed by atoms with E-state index in [1.807, 2.05) is 19.1 Å². The molecule has 6 nitrogen and oxygen atoms in total. The van der Waals surface area contributed by atoms with E-state index in [2.05, 4.69) is 15.2 Å². The molecule has 1 N–H and O–H groups in total. The first kappa shape index (κ1) is 18.5. The molecule has 28 heavy (non-hydrogen) atoms. The number of halogens is 1. The molecule has 1 aromatic carbocycles. The van der Waals surface area contributed by atoms with E-state index < -0.39 is 0 Å². The summed E-state index contributed by atoms with van der Waals surface area (Å²) >= 11 is 0. The number of carbonyl (C=O) groups excluding carboxylic acids is 1. The highest BCUT2D eigenvalue weighted by molar-refractivity contribution is 5.91. The fraction of sp³-hybridized carbons (Fsp3) is 0.429. The zero-order chi connectivity index (χ0) is 19.5. The van der Waals surface area contributed by atoms with Crippen molar-refractivity contribution in [1.29, 1.82) is 0 Å². The average Bonchev–Trinajstić information content (AvgIpc) is 3.25. The molecule has 0 bridgehead atoms. The number of aliphatic imine (C=N–C) groups is 1. The Hall–Kier alpha value is -2.83. The second-order valence-corrected chi connectivity index (χ2v) is 7.17. The number of nitrogens with one attached hydrogen (secondary N) is 1. The van der Waals surface area contributed by atoms with Crippen molar-refractivity contribution in [3.8, 4) is 0 Å². The van der Waals surface area contributed by atoms with Crippen molar-refractivity contribution in [3.63, 3.8) is 0 Å². The van der Waals surface area contributed by atoms with Gasteiger partial charge in [-0.25, -0.2) is 4.39 Å². The minimum absolute atomic E-state index is 0.0756. The normalized spacial score (nSPS) is 22.3. The van der Waals surface area contributed by atoms with Crippen molar-refractivity contribution in [1.82, 2.24) is 15.1 Å². The first-order valence-electron chi connectivity index (χ1n) is 9.80. The van der Waals surface area contributed by atoms with E-state index in [-0.39, 0.29) is 23.7 Å². The Morgan fingerprint density at radius 3 is 2.61 bits per heavy atom. The second-order valence-electron chi connectivity index (χ2n) is 7.17. The number of hydrogen-bond acceptors (Lipinski definition) is 3.